The third kappa shape index (κ3) is 3.42. The van der Waals surface area contributed by atoms with Crippen LogP contribution in [0.4, 0.5) is 4.79 Å². The number of carbonyl (C=O) groups excluding carboxylic acids is 3. The smallest absolute Gasteiger partial charge is 0.326 e. The number of nitrogens with zero attached hydrogens (tertiary/aromatic N) is 4. The number of fused-ring (bicyclic) bond motifs is 1. The zero-order valence-electron chi connectivity index (χ0n) is 14.1. The van der Waals surface area contributed by atoms with Gasteiger partial charge in [0.2, 0.25) is 11.8 Å². The summed E-state index contributed by atoms with van der Waals surface area (Å²) in [6, 6.07) is -0.171. The van der Waals surface area contributed by atoms with Crippen molar-refractivity contribution in [2.24, 2.45) is 0 Å². The predicted molar refractivity (Wildman–Crippen MR) is 86.2 cm³/mol. The Morgan fingerprint density at radius 1 is 1.42 bits per heavy atom. The molecule has 24 heavy (non-hydrogen) atoms. The number of aromatic nitrogens is 2. The summed E-state index contributed by atoms with van der Waals surface area (Å²) in [4.78, 5) is 42.6. The topological polar surface area (TPSA) is 87.5 Å². The van der Waals surface area contributed by atoms with E-state index in [4.69, 9.17) is 0 Å². The molecule has 0 bridgehead atoms. The molecule has 3 rings (SSSR count). The fourth-order valence-electron chi connectivity index (χ4n) is 3.29. The Bertz CT molecular complexity index is 669. The number of amides is 4. The van der Waals surface area contributed by atoms with Gasteiger partial charge in [0.25, 0.3) is 0 Å². The molecule has 1 aromatic rings. The summed E-state index contributed by atoms with van der Waals surface area (Å²) >= 11 is 0. The van der Waals surface area contributed by atoms with E-state index in [-0.39, 0.29) is 30.4 Å². The monoisotopic (exact) mass is 333 g/mol. The molecule has 0 unspecified atom stereocenters. The lowest BCUT2D eigenvalue weighted by molar-refractivity contribution is -0.126. The quantitative estimate of drug-likeness (QED) is 0.785. The second-order valence-corrected chi connectivity index (χ2v) is 6.54. The van der Waals surface area contributed by atoms with Crippen molar-refractivity contribution in [3.8, 4) is 0 Å². The van der Waals surface area contributed by atoms with Gasteiger partial charge in [-0.05, 0) is 19.8 Å². The summed E-state index contributed by atoms with van der Waals surface area (Å²) in [6.45, 7) is 3.14. The van der Waals surface area contributed by atoms with E-state index in [1.807, 2.05) is 13.1 Å². The van der Waals surface area contributed by atoms with Crippen LogP contribution in [0.1, 0.15) is 30.8 Å². The molecule has 0 spiro atoms. The molecule has 130 valence electrons. The minimum absolute atomic E-state index is 0.0345. The second-order valence-electron chi connectivity index (χ2n) is 6.54. The van der Waals surface area contributed by atoms with Crippen LogP contribution in [0.2, 0.25) is 0 Å². The molecule has 4 amide bonds. The molecule has 8 nitrogen and oxygen atoms in total. The molecule has 2 aliphatic rings. The summed E-state index contributed by atoms with van der Waals surface area (Å²) in [7, 11) is 1.60. The van der Waals surface area contributed by atoms with Gasteiger partial charge in [-0.1, -0.05) is 0 Å². The summed E-state index contributed by atoms with van der Waals surface area (Å²) < 4.78 is 2.10. The highest BCUT2D eigenvalue weighted by Gasteiger charge is 2.33. The van der Waals surface area contributed by atoms with Gasteiger partial charge >= 0.3 is 6.03 Å². The van der Waals surface area contributed by atoms with E-state index in [0.29, 0.717) is 19.4 Å². The highest BCUT2D eigenvalue weighted by molar-refractivity contribution is 6.01. The number of carbonyl (C=O) groups is 3. The van der Waals surface area contributed by atoms with Crippen LogP contribution in [0, 0.1) is 6.92 Å². The summed E-state index contributed by atoms with van der Waals surface area (Å²) in [5.74, 6) is 0.846. The molecular weight excluding hydrogens is 310 g/mol. The van der Waals surface area contributed by atoms with Crippen molar-refractivity contribution in [1.29, 1.82) is 0 Å². The Labute approximate surface area is 140 Å². The molecule has 0 aromatic carbocycles. The molecule has 0 radical (unpaired) electrons. The lowest BCUT2D eigenvalue weighted by Crippen LogP contribution is -2.41. The fraction of sp³-hybridized carbons (Fsp3) is 0.625. The second kappa shape index (κ2) is 6.62. The minimum Gasteiger partial charge on any atom is -0.352 e. The average molecular weight is 333 g/mol. The average Bonchev–Trinajstić information content (AvgIpc) is 3.00. The number of aryl methyl sites for hydroxylation is 2. The number of nitrogens with one attached hydrogen (secondary N) is 1. The number of rotatable bonds is 5. The van der Waals surface area contributed by atoms with Gasteiger partial charge in [0.15, 0.2) is 0 Å². The van der Waals surface area contributed by atoms with Gasteiger partial charge in [-0.3, -0.25) is 14.5 Å². The van der Waals surface area contributed by atoms with Gasteiger partial charge in [0.1, 0.15) is 12.4 Å². The molecular formula is C16H23N5O3. The highest BCUT2D eigenvalue weighted by atomic mass is 16.2. The first kappa shape index (κ1) is 16.5. The van der Waals surface area contributed by atoms with Crippen molar-refractivity contribution in [3.05, 3.63) is 17.7 Å². The Morgan fingerprint density at radius 2 is 2.21 bits per heavy atom. The molecule has 0 saturated carbocycles. The standard InChI is InChI=1S/C16H23N5O3/c1-11-8-20-9-12(5-6-13(20)17-11)18-14(22)4-3-7-21-15(23)10-19(2)16(21)24/h8,12H,3-7,9-10H2,1-2H3,(H,18,22)/t12-/m0/s1. The van der Waals surface area contributed by atoms with Gasteiger partial charge in [-0.2, -0.15) is 0 Å². The van der Waals surface area contributed by atoms with Crippen molar-refractivity contribution in [3.63, 3.8) is 0 Å². The van der Waals surface area contributed by atoms with E-state index >= 15 is 0 Å². The van der Waals surface area contributed by atoms with Crippen LogP contribution >= 0.6 is 0 Å². The highest BCUT2D eigenvalue weighted by Crippen LogP contribution is 2.15. The van der Waals surface area contributed by atoms with Crippen molar-refractivity contribution >= 4 is 17.8 Å². The van der Waals surface area contributed by atoms with E-state index in [0.717, 1.165) is 30.9 Å². The summed E-state index contributed by atoms with van der Waals surface area (Å²) in [6.07, 6.45) is 4.55. The minimum atomic E-state index is -0.282. The molecule has 0 aliphatic carbocycles. The Hall–Kier alpha value is -2.38. The van der Waals surface area contributed by atoms with Crippen molar-refractivity contribution in [2.45, 2.75) is 45.2 Å². The number of urea groups is 1. The van der Waals surface area contributed by atoms with Gasteiger partial charge in [0, 0.05) is 45.2 Å². The molecule has 1 atom stereocenters. The van der Waals surface area contributed by atoms with Crippen LogP contribution in [0.3, 0.4) is 0 Å². The molecule has 8 heteroatoms. The lowest BCUT2D eigenvalue weighted by atomic mass is 10.1. The zero-order chi connectivity index (χ0) is 17.3. The van der Waals surface area contributed by atoms with E-state index in [1.165, 1.54) is 9.80 Å². The summed E-state index contributed by atoms with van der Waals surface area (Å²) in [5, 5.41) is 3.04. The van der Waals surface area contributed by atoms with Gasteiger partial charge in [-0.15, -0.1) is 0 Å². The van der Waals surface area contributed by atoms with Crippen molar-refractivity contribution in [1.82, 2.24) is 24.7 Å². The Kier molecular flexibility index (Phi) is 4.55. The van der Waals surface area contributed by atoms with E-state index in [9.17, 15) is 14.4 Å². The third-order valence-electron chi connectivity index (χ3n) is 4.49. The first-order valence-electron chi connectivity index (χ1n) is 8.31. The molecule has 1 saturated heterocycles. The predicted octanol–water partition coefficient (Wildman–Crippen LogP) is 0.297. The van der Waals surface area contributed by atoms with Crippen LogP contribution in [-0.4, -0.2) is 63.4 Å². The number of likely N-dealkylation sites (N-methyl/N-ethyl adjacent to an activating group) is 1. The maximum absolute atomic E-state index is 12.1. The fourth-order valence-corrected chi connectivity index (χ4v) is 3.29. The van der Waals surface area contributed by atoms with Gasteiger partial charge < -0.3 is 14.8 Å². The first-order valence-corrected chi connectivity index (χ1v) is 8.31. The van der Waals surface area contributed by atoms with Gasteiger partial charge in [-0.25, -0.2) is 9.78 Å². The molecule has 3 heterocycles. The zero-order valence-corrected chi connectivity index (χ0v) is 14.1. The molecule has 1 N–H and O–H groups in total. The number of hydrogen-bond donors (Lipinski definition) is 1. The molecule has 1 fully saturated rings. The van der Waals surface area contributed by atoms with Crippen LogP contribution in [0.15, 0.2) is 6.20 Å². The number of imide groups is 1. The van der Waals surface area contributed by atoms with E-state index in [1.54, 1.807) is 7.05 Å². The molecule has 2 aliphatic heterocycles. The number of imidazole rings is 1. The third-order valence-corrected chi connectivity index (χ3v) is 4.49. The van der Waals surface area contributed by atoms with Crippen LogP contribution in [0.5, 0.6) is 0 Å². The normalized spacial score (nSPS) is 20.5. The number of hydrogen-bond acceptors (Lipinski definition) is 4. The largest absolute Gasteiger partial charge is 0.352 e. The lowest BCUT2D eigenvalue weighted by Gasteiger charge is -2.24. The van der Waals surface area contributed by atoms with Crippen molar-refractivity contribution in [2.75, 3.05) is 20.1 Å². The van der Waals surface area contributed by atoms with Crippen molar-refractivity contribution < 1.29 is 14.4 Å². The Balaban J connectivity index is 1.42. The first-order chi connectivity index (χ1) is 11.4. The van der Waals surface area contributed by atoms with E-state index in [2.05, 4.69) is 14.9 Å². The van der Waals surface area contributed by atoms with E-state index < -0.39 is 0 Å². The summed E-state index contributed by atoms with van der Waals surface area (Å²) in [5.41, 5.74) is 1.00. The maximum atomic E-state index is 12.1. The maximum Gasteiger partial charge on any atom is 0.326 e. The SMILES string of the molecule is Cc1cn2c(n1)CC[C@H](NC(=O)CCCN1C(=O)CN(C)C1=O)C2. The van der Waals surface area contributed by atoms with Crippen LogP contribution < -0.4 is 5.32 Å². The Morgan fingerprint density at radius 3 is 2.92 bits per heavy atom. The molecule has 1 aromatic heterocycles. The van der Waals surface area contributed by atoms with Gasteiger partial charge in [0.05, 0.1) is 5.69 Å². The van der Waals surface area contributed by atoms with Crippen LogP contribution in [0.25, 0.3) is 0 Å². The van der Waals surface area contributed by atoms with Crippen LogP contribution in [-0.2, 0) is 22.6 Å².